The summed E-state index contributed by atoms with van der Waals surface area (Å²) in [5, 5.41) is 14.2. The van der Waals surface area contributed by atoms with Crippen LogP contribution < -0.4 is 20.2 Å². The van der Waals surface area contributed by atoms with Gasteiger partial charge in [-0.2, -0.15) is 13.2 Å². The molecule has 0 bridgehead atoms. The Bertz CT molecular complexity index is 1470. The average Bonchev–Trinajstić information content (AvgIpc) is 2.87. The van der Waals surface area contributed by atoms with Gasteiger partial charge >= 0.3 is 6.18 Å². The molecule has 9 heteroatoms. The van der Waals surface area contributed by atoms with E-state index >= 15 is 0 Å². The molecule has 0 spiro atoms. The minimum atomic E-state index is -5.00. The molecule has 188 valence electrons. The molecule has 0 radical (unpaired) electrons. The van der Waals surface area contributed by atoms with E-state index in [0.717, 1.165) is 48.4 Å². The number of nitrogens with one attached hydrogen (secondary N) is 1. The van der Waals surface area contributed by atoms with Crippen LogP contribution in [0, 0.1) is 0 Å². The van der Waals surface area contributed by atoms with Crippen molar-refractivity contribution in [3.8, 4) is 17.2 Å². The molecule has 5 rings (SSSR count). The fraction of sp³-hybridized carbons (Fsp3) is 0.296. The van der Waals surface area contributed by atoms with Gasteiger partial charge in [-0.05, 0) is 35.5 Å². The molecule has 3 aromatic carbocycles. The molecule has 1 aliphatic rings. The summed E-state index contributed by atoms with van der Waals surface area (Å²) in [5.74, 6) is -2.87. The normalized spacial score (nSPS) is 15.6. The molecular formula is C27H25F3N2O4. The van der Waals surface area contributed by atoms with E-state index in [4.69, 9.17) is 9.15 Å². The summed E-state index contributed by atoms with van der Waals surface area (Å²) in [6.45, 7) is 6.29. The minimum absolute atomic E-state index is 0.0739. The average molecular weight is 499 g/mol. The molecule has 0 amide bonds. The van der Waals surface area contributed by atoms with E-state index in [9.17, 15) is 23.1 Å². The zero-order chi connectivity index (χ0) is 25.4. The van der Waals surface area contributed by atoms with Gasteiger partial charge in [0, 0.05) is 18.7 Å². The number of hydrogen-bond donors (Lipinski definition) is 1. The van der Waals surface area contributed by atoms with Crippen LogP contribution in [0.15, 0.2) is 63.8 Å². The Morgan fingerprint density at radius 3 is 2.47 bits per heavy atom. The van der Waals surface area contributed by atoms with Crippen molar-refractivity contribution in [3.63, 3.8) is 0 Å². The lowest BCUT2D eigenvalue weighted by Gasteiger charge is -2.32. The zero-order valence-corrected chi connectivity index (χ0v) is 19.7. The largest absolute Gasteiger partial charge is 0.872 e. The van der Waals surface area contributed by atoms with Crippen LogP contribution in [-0.4, -0.2) is 37.6 Å². The summed E-state index contributed by atoms with van der Waals surface area (Å²) in [6.07, 6.45) is -5.00. The lowest BCUT2D eigenvalue weighted by molar-refractivity contribution is -0.918. The monoisotopic (exact) mass is 498 g/mol. The van der Waals surface area contributed by atoms with Crippen LogP contribution >= 0.6 is 0 Å². The van der Waals surface area contributed by atoms with E-state index in [-0.39, 0.29) is 28.8 Å². The molecule has 1 saturated heterocycles. The number of quaternary nitrogens is 1. The fourth-order valence-electron chi connectivity index (χ4n) is 4.69. The van der Waals surface area contributed by atoms with Gasteiger partial charge in [-0.3, -0.25) is 9.69 Å². The predicted octanol–water partition coefficient (Wildman–Crippen LogP) is 3.55. The predicted molar refractivity (Wildman–Crippen MR) is 127 cm³/mol. The second kappa shape index (κ2) is 9.48. The van der Waals surface area contributed by atoms with E-state index in [0.29, 0.717) is 0 Å². The van der Waals surface area contributed by atoms with Crippen LogP contribution in [-0.2, 0) is 12.7 Å². The fourth-order valence-corrected chi connectivity index (χ4v) is 4.69. The summed E-state index contributed by atoms with van der Waals surface area (Å²) in [6, 6.07) is 14.5. The van der Waals surface area contributed by atoms with E-state index in [2.05, 4.69) is 11.8 Å². The lowest BCUT2D eigenvalue weighted by Crippen LogP contribution is -3.13. The van der Waals surface area contributed by atoms with E-state index in [1.165, 1.54) is 18.2 Å². The van der Waals surface area contributed by atoms with Crippen molar-refractivity contribution < 1.29 is 32.3 Å². The minimum Gasteiger partial charge on any atom is -0.872 e. The Balaban J connectivity index is 1.59. The number of fused-ring (bicyclic) bond motifs is 2. The number of halogens is 3. The number of hydrogen-bond acceptors (Lipinski definition) is 5. The summed E-state index contributed by atoms with van der Waals surface area (Å²) >= 11 is 0. The Labute approximate surface area is 205 Å². The number of nitrogens with zero attached hydrogens (tertiary/aromatic N) is 1. The van der Waals surface area contributed by atoms with Gasteiger partial charge in [0.1, 0.15) is 17.9 Å². The van der Waals surface area contributed by atoms with Crippen molar-refractivity contribution in [3.05, 3.63) is 76.1 Å². The molecule has 0 saturated carbocycles. The Kier molecular flexibility index (Phi) is 6.36. The third-order valence-corrected chi connectivity index (χ3v) is 6.71. The Morgan fingerprint density at radius 2 is 1.78 bits per heavy atom. The smallest absolute Gasteiger partial charge is 0.453 e. The highest BCUT2D eigenvalue weighted by Crippen LogP contribution is 2.39. The topological polar surface area (TPSA) is 70.2 Å². The van der Waals surface area contributed by atoms with Crippen LogP contribution in [0.1, 0.15) is 18.2 Å². The number of benzene rings is 3. The molecule has 1 fully saturated rings. The zero-order valence-electron chi connectivity index (χ0n) is 19.7. The summed E-state index contributed by atoms with van der Waals surface area (Å²) < 4.78 is 53.1. The highest BCUT2D eigenvalue weighted by molar-refractivity contribution is 5.85. The molecule has 4 aromatic rings. The summed E-state index contributed by atoms with van der Waals surface area (Å²) in [7, 11) is 0. The molecule has 1 aliphatic heterocycles. The van der Waals surface area contributed by atoms with Crippen molar-refractivity contribution in [2.45, 2.75) is 19.6 Å². The first kappa shape index (κ1) is 24.1. The highest BCUT2D eigenvalue weighted by atomic mass is 19.4. The van der Waals surface area contributed by atoms with Crippen LogP contribution in [0.4, 0.5) is 13.2 Å². The van der Waals surface area contributed by atoms with Gasteiger partial charge in [-0.25, -0.2) is 0 Å². The number of alkyl halides is 3. The first-order valence-corrected chi connectivity index (χ1v) is 11.8. The third-order valence-electron chi connectivity index (χ3n) is 6.71. The van der Waals surface area contributed by atoms with Gasteiger partial charge in [0.2, 0.25) is 11.2 Å². The number of piperazine rings is 1. The van der Waals surface area contributed by atoms with Crippen molar-refractivity contribution in [2.24, 2.45) is 0 Å². The van der Waals surface area contributed by atoms with Gasteiger partial charge < -0.3 is 19.2 Å². The second-order valence-electron chi connectivity index (χ2n) is 8.98. The van der Waals surface area contributed by atoms with Crippen molar-refractivity contribution in [1.82, 2.24) is 4.90 Å². The quantitative estimate of drug-likeness (QED) is 0.456. The summed E-state index contributed by atoms with van der Waals surface area (Å²) in [5.41, 5.74) is -1.22. The van der Waals surface area contributed by atoms with Crippen LogP contribution in [0.2, 0.25) is 0 Å². The first-order valence-electron chi connectivity index (χ1n) is 11.8. The molecule has 0 atom stereocenters. The van der Waals surface area contributed by atoms with Gasteiger partial charge in [0.05, 0.1) is 18.5 Å². The Morgan fingerprint density at radius 1 is 1.06 bits per heavy atom. The van der Waals surface area contributed by atoms with Gasteiger partial charge in [-0.15, -0.1) is 0 Å². The summed E-state index contributed by atoms with van der Waals surface area (Å²) in [4.78, 5) is 16.6. The van der Waals surface area contributed by atoms with E-state index in [1.54, 1.807) is 24.3 Å². The number of rotatable bonds is 5. The van der Waals surface area contributed by atoms with Crippen LogP contribution in [0.3, 0.4) is 0 Å². The number of ether oxygens (including phenoxy) is 1. The first-order chi connectivity index (χ1) is 17.2. The molecule has 1 N–H and O–H groups in total. The van der Waals surface area contributed by atoms with Crippen molar-refractivity contribution in [2.75, 3.05) is 32.7 Å². The molecule has 0 aliphatic carbocycles. The SMILES string of the molecule is CCN1CC[NH+](Cc2c([O-])ccc3c(=O)c(Oc4ccc5ccccc5c4)c(C(F)(F)F)oc23)CC1. The maximum Gasteiger partial charge on any atom is 0.453 e. The van der Waals surface area contributed by atoms with E-state index in [1.807, 2.05) is 12.1 Å². The molecule has 1 aromatic heterocycles. The molecule has 0 unspecified atom stereocenters. The highest BCUT2D eigenvalue weighted by Gasteiger charge is 2.41. The molecule has 6 nitrogen and oxygen atoms in total. The molecular weight excluding hydrogens is 473 g/mol. The molecule has 36 heavy (non-hydrogen) atoms. The maximum absolute atomic E-state index is 14.1. The molecule has 2 heterocycles. The Hall–Kier alpha value is -3.56. The van der Waals surface area contributed by atoms with Gasteiger partial charge in [-0.1, -0.05) is 49.1 Å². The standard InChI is InChI=1S/C27H25F3N2O4/c1-2-31-11-13-32(14-12-31)16-21-22(33)10-9-20-23(34)25(26(27(28,29)30)36-24(20)21)35-19-8-7-17-5-3-4-6-18(17)15-19/h3-10,15,33H,2,11-14,16H2,1H3. The number of likely N-dealkylation sites (N-methyl/N-ethyl adjacent to an activating group) is 1. The maximum atomic E-state index is 14.1. The van der Waals surface area contributed by atoms with Gasteiger partial charge in [0.25, 0.3) is 5.76 Å². The van der Waals surface area contributed by atoms with Gasteiger partial charge in [0.15, 0.2) is 0 Å². The van der Waals surface area contributed by atoms with Crippen LogP contribution in [0.25, 0.3) is 21.7 Å². The second-order valence-corrected chi connectivity index (χ2v) is 8.98. The van der Waals surface area contributed by atoms with Crippen LogP contribution in [0.5, 0.6) is 17.2 Å². The third kappa shape index (κ3) is 4.64. The van der Waals surface area contributed by atoms with Crippen molar-refractivity contribution in [1.29, 1.82) is 0 Å². The van der Waals surface area contributed by atoms with Crippen molar-refractivity contribution >= 4 is 21.7 Å². The lowest BCUT2D eigenvalue weighted by atomic mass is 10.1. The van der Waals surface area contributed by atoms with E-state index < -0.39 is 28.9 Å².